The van der Waals surface area contributed by atoms with Gasteiger partial charge < -0.3 is 0 Å². The van der Waals surface area contributed by atoms with Crippen LogP contribution in [0.1, 0.15) is 0 Å². The fourth-order valence-electron chi connectivity index (χ4n) is 3.08. The predicted octanol–water partition coefficient (Wildman–Crippen LogP) is 7.99. The molecule has 0 spiro atoms. The van der Waals surface area contributed by atoms with E-state index in [0.717, 1.165) is 32.3 Å². The zero-order valence-electron chi connectivity index (χ0n) is 14.0. The normalized spacial score (nSPS) is 10.7. The molecule has 0 aromatic heterocycles. The van der Waals surface area contributed by atoms with Gasteiger partial charge in [-0.15, -0.1) is 0 Å². The molecule has 4 rings (SSSR count). The molecule has 0 unspecified atom stereocenters. The Labute approximate surface area is 163 Å². The van der Waals surface area contributed by atoms with Gasteiger partial charge in [0.15, 0.2) is 0 Å². The molecule has 0 amide bonds. The molecule has 0 saturated carbocycles. The van der Waals surface area contributed by atoms with Crippen molar-refractivity contribution in [1.82, 2.24) is 0 Å². The molecule has 0 heterocycles. The summed E-state index contributed by atoms with van der Waals surface area (Å²) in [6.45, 7) is 0. The van der Waals surface area contributed by atoms with Crippen molar-refractivity contribution in [3.05, 3.63) is 107 Å². The molecular weight excluding hydrogens is 359 g/mol. The first-order chi connectivity index (χ1) is 12.7. The Bertz CT molecular complexity index is 945. The Balaban J connectivity index is 1.62. The van der Waals surface area contributed by atoms with Crippen LogP contribution < -0.4 is 0 Å². The maximum atomic E-state index is 6.29. The molecule has 126 valence electrons. The summed E-state index contributed by atoms with van der Waals surface area (Å²) in [4.78, 5) is 0. The van der Waals surface area contributed by atoms with Gasteiger partial charge in [0, 0.05) is 21.2 Å². The van der Waals surface area contributed by atoms with Gasteiger partial charge in [0.25, 0.3) is 0 Å². The fourth-order valence-corrected chi connectivity index (χ4v) is 3.56. The van der Waals surface area contributed by atoms with Crippen LogP contribution in [-0.2, 0) is 0 Å². The first-order valence-corrected chi connectivity index (χ1v) is 9.18. The van der Waals surface area contributed by atoms with E-state index in [4.69, 9.17) is 23.2 Å². The highest BCUT2D eigenvalue weighted by atomic mass is 35.5. The minimum Gasteiger partial charge on any atom is -0.0837 e. The van der Waals surface area contributed by atoms with Gasteiger partial charge in [-0.1, -0.05) is 108 Å². The Hall–Kier alpha value is -2.54. The smallest absolute Gasteiger partial charge is 0.0484 e. The zero-order valence-corrected chi connectivity index (χ0v) is 15.5. The molecule has 4 aromatic carbocycles. The third kappa shape index (κ3) is 3.39. The summed E-state index contributed by atoms with van der Waals surface area (Å²) in [5.41, 5.74) is 6.68. The quantitative estimate of drug-likeness (QED) is 0.340. The van der Waals surface area contributed by atoms with Crippen molar-refractivity contribution in [3.63, 3.8) is 0 Å². The van der Waals surface area contributed by atoms with Crippen LogP contribution >= 0.6 is 23.2 Å². The summed E-state index contributed by atoms with van der Waals surface area (Å²) < 4.78 is 0. The SMILES string of the molecule is Clc1ccccc1-c1ccc(-c2ccc(-c3ccccc3Cl)cc2)cc1. The summed E-state index contributed by atoms with van der Waals surface area (Å²) in [6, 6.07) is 32.8. The van der Waals surface area contributed by atoms with E-state index in [1.165, 1.54) is 11.1 Å². The lowest BCUT2D eigenvalue weighted by Crippen LogP contribution is -1.83. The highest BCUT2D eigenvalue weighted by Gasteiger charge is 2.05. The Morgan fingerprint density at radius 1 is 0.346 bits per heavy atom. The summed E-state index contributed by atoms with van der Waals surface area (Å²) in [7, 11) is 0. The van der Waals surface area contributed by atoms with Crippen molar-refractivity contribution in [2.24, 2.45) is 0 Å². The summed E-state index contributed by atoms with van der Waals surface area (Å²) in [6.07, 6.45) is 0. The molecular formula is C24H16Cl2. The number of rotatable bonds is 3. The molecule has 0 aliphatic carbocycles. The van der Waals surface area contributed by atoms with E-state index in [2.05, 4.69) is 48.5 Å². The zero-order chi connectivity index (χ0) is 17.9. The Morgan fingerprint density at radius 2 is 0.654 bits per heavy atom. The van der Waals surface area contributed by atoms with Gasteiger partial charge in [0.1, 0.15) is 0 Å². The number of hydrogen-bond donors (Lipinski definition) is 0. The highest BCUT2D eigenvalue weighted by Crippen LogP contribution is 2.32. The summed E-state index contributed by atoms with van der Waals surface area (Å²) >= 11 is 12.6. The number of halogens is 2. The van der Waals surface area contributed by atoms with E-state index in [-0.39, 0.29) is 0 Å². The molecule has 0 nitrogen and oxygen atoms in total. The Kier molecular flexibility index (Phi) is 4.79. The standard InChI is InChI=1S/C24H16Cl2/c25-23-7-3-1-5-21(23)19-13-9-17(10-14-19)18-11-15-20(16-12-18)22-6-2-4-8-24(22)26/h1-16H. The highest BCUT2D eigenvalue weighted by molar-refractivity contribution is 6.33. The average molecular weight is 375 g/mol. The summed E-state index contributed by atoms with van der Waals surface area (Å²) in [5.74, 6) is 0. The van der Waals surface area contributed by atoms with Gasteiger partial charge in [-0.3, -0.25) is 0 Å². The molecule has 0 atom stereocenters. The monoisotopic (exact) mass is 374 g/mol. The minimum atomic E-state index is 0.768. The average Bonchev–Trinajstić information content (AvgIpc) is 2.69. The van der Waals surface area contributed by atoms with Crippen LogP contribution in [0.5, 0.6) is 0 Å². The molecule has 4 aromatic rings. The van der Waals surface area contributed by atoms with Gasteiger partial charge in [0.05, 0.1) is 0 Å². The maximum Gasteiger partial charge on any atom is 0.0484 e. The van der Waals surface area contributed by atoms with Gasteiger partial charge in [0.2, 0.25) is 0 Å². The molecule has 0 fully saturated rings. The van der Waals surface area contributed by atoms with E-state index < -0.39 is 0 Å². The number of hydrogen-bond acceptors (Lipinski definition) is 0. The van der Waals surface area contributed by atoms with Crippen LogP contribution in [0.4, 0.5) is 0 Å². The molecule has 0 N–H and O–H groups in total. The van der Waals surface area contributed by atoms with Gasteiger partial charge in [-0.2, -0.15) is 0 Å². The molecule has 0 aliphatic rings. The Morgan fingerprint density at radius 3 is 1.00 bits per heavy atom. The van der Waals surface area contributed by atoms with Crippen LogP contribution in [0, 0.1) is 0 Å². The molecule has 0 saturated heterocycles. The molecule has 26 heavy (non-hydrogen) atoms. The lowest BCUT2D eigenvalue weighted by molar-refractivity contribution is 1.57. The van der Waals surface area contributed by atoms with E-state index in [1.807, 2.05) is 48.5 Å². The molecule has 0 bridgehead atoms. The van der Waals surface area contributed by atoms with Crippen molar-refractivity contribution >= 4 is 23.2 Å². The molecule has 0 radical (unpaired) electrons. The predicted molar refractivity (Wildman–Crippen MR) is 113 cm³/mol. The van der Waals surface area contributed by atoms with Gasteiger partial charge in [-0.25, -0.2) is 0 Å². The molecule has 2 heteroatoms. The van der Waals surface area contributed by atoms with Crippen LogP contribution in [0.2, 0.25) is 10.0 Å². The third-order valence-corrected chi connectivity index (χ3v) is 5.13. The van der Waals surface area contributed by atoms with E-state index in [9.17, 15) is 0 Å². The second-order valence-electron chi connectivity index (χ2n) is 6.11. The summed E-state index contributed by atoms with van der Waals surface area (Å²) in [5, 5.41) is 1.54. The number of benzene rings is 4. The third-order valence-electron chi connectivity index (χ3n) is 4.47. The van der Waals surface area contributed by atoms with Gasteiger partial charge >= 0.3 is 0 Å². The largest absolute Gasteiger partial charge is 0.0837 e. The minimum absolute atomic E-state index is 0.768. The fraction of sp³-hybridized carbons (Fsp3) is 0. The lowest BCUT2D eigenvalue weighted by atomic mass is 9.98. The van der Waals surface area contributed by atoms with Crippen LogP contribution in [0.3, 0.4) is 0 Å². The second kappa shape index (κ2) is 7.37. The van der Waals surface area contributed by atoms with Crippen molar-refractivity contribution in [1.29, 1.82) is 0 Å². The van der Waals surface area contributed by atoms with Crippen molar-refractivity contribution in [2.75, 3.05) is 0 Å². The van der Waals surface area contributed by atoms with Crippen LogP contribution in [0.25, 0.3) is 33.4 Å². The lowest BCUT2D eigenvalue weighted by Gasteiger charge is -2.08. The first kappa shape index (κ1) is 16.9. The maximum absolute atomic E-state index is 6.29. The van der Waals surface area contributed by atoms with E-state index in [0.29, 0.717) is 0 Å². The second-order valence-corrected chi connectivity index (χ2v) is 6.93. The topological polar surface area (TPSA) is 0 Å². The van der Waals surface area contributed by atoms with E-state index >= 15 is 0 Å². The van der Waals surface area contributed by atoms with Crippen LogP contribution in [-0.4, -0.2) is 0 Å². The van der Waals surface area contributed by atoms with Crippen molar-refractivity contribution < 1.29 is 0 Å². The first-order valence-electron chi connectivity index (χ1n) is 8.43. The van der Waals surface area contributed by atoms with Crippen molar-refractivity contribution in [2.45, 2.75) is 0 Å². The van der Waals surface area contributed by atoms with Gasteiger partial charge in [-0.05, 0) is 34.4 Å². The van der Waals surface area contributed by atoms with Crippen LogP contribution in [0.15, 0.2) is 97.1 Å². The van der Waals surface area contributed by atoms with E-state index in [1.54, 1.807) is 0 Å². The van der Waals surface area contributed by atoms with Crippen molar-refractivity contribution in [3.8, 4) is 33.4 Å². The molecule has 0 aliphatic heterocycles.